The second kappa shape index (κ2) is 6.45. The number of carbonyl (C=O) groups excluding carboxylic acids is 1. The molecule has 0 radical (unpaired) electrons. The van der Waals surface area contributed by atoms with Crippen molar-refractivity contribution in [3.05, 3.63) is 0 Å². The molecule has 11 heteroatoms. The molecule has 2 atom stereocenters. The van der Waals surface area contributed by atoms with Gasteiger partial charge in [-0.25, -0.2) is 0 Å². The van der Waals surface area contributed by atoms with Gasteiger partial charge in [-0.3, -0.25) is 4.79 Å². The first-order valence-corrected chi connectivity index (χ1v) is 8.20. The van der Waals surface area contributed by atoms with Gasteiger partial charge in [0, 0.05) is 12.6 Å². The third-order valence-corrected chi connectivity index (χ3v) is 5.56. The molecule has 1 rings (SSSR count). The molecular formula is C13H18F6INO3. The molecule has 1 aliphatic rings. The number of ether oxygens (including phenoxy) is 1. The number of aliphatic hydroxyl groups is 1. The Hall–Kier alpha value is -0.300. The highest BCUT2D eigenvalue weighted by Crippen LogP contribution is 2.53. The summed E-state index contributed by atoms with van der Waals surface area (Å²) < 4.78 is 82.7. The monoisotopic (exact) mass is 477 g/mol. The van der Waals surface area contributed by atoms with Crippen LogP contribution in [0, 0.1) is 0 Å². The van der Waals surface area contributed by atoms with E-state index in [1.807, 2.05) is 0 Å². The maximum Gasteiger partial charge on any atom is 0.430 e. The van der Waals surface area contributed by atoms with Crippen LogP contribution in [-0.4, -0.2) is 50.6 Å². The highest BCUT2D eigenvalue weighted by Gasteiger charge is 2.80. The molecular weight excluding hydrogens is 459 g/mol. The summed E-state index contributed by atoms with van der Waals surface area (Å²) in [4.78, 5) is 12.3. The first kappa shape index (κ1) is 21.7. The topological polar surface area (TPSA) is 68.5 Å². The average Bonchev–Trinajstić information content (AvgIpc) is 3.26. The van der Waals surface area contributed by atoms with Crippen molar-refractivity contribution >= 4 is 28.6 Å². The number of esters is 1. The zero-order valence-corrected chi connectivity index (χ0v) is 15.3. The van der Waals surface area contributed by atoms with Crippen LogP contribution in [0.2, 0.25) is 0 Å². The van der Waals surface area contributed by atoms with E-state index in [9.17, 15) is 36.2 Å². The van der Waals surface area contributed by atoms with E-state index in [1.54, 1.807) is 22.6 Å². The van der Waals surface area contributed by atoms with Crippen LogP contribution < -0.4 is 5.32 Å². The number of hydrogen-bond donors (Lipinski definition) is 2. The minimum Gasteiger partial charge on any atom is -0.454 e. The molecule has 1 heterocycles. The minimum atomic E-state index is -6.07. The first-order valence-electron chi connectivity index (χ1n) is 7.12. The van der Waals surface area contributed by atoms with Gasteiger partial charge in [-0.2, -0.15) is 26.3 Å². The fourth-order valence-corrected chi connectivity index (χ4v) is 3.07. The van der Waals surface area contributed by atoms with Crippen LogP contribution in [0.5, 0.6) is 0 Å². The molecule has 0 saturated carbocycles. The molecule has 0 amide bonds. The van der Waals surface area contributed by atoms with E-state index >= 15 is 0 Å². The molecule has 0 aromatic carbocycles. The Balaban J connectivity index is 3.38. The van der Waals surface area contributed by atoms with Crippen molar-refractivity contribution in [3.63, 3.8) is 0 Å². The van der Waals surface area contributed by atoms with Crippen molar-refractivity contribution in [1.82, 2.24) is 5.32 Å². The Bertz CT molecular complexity index is 469. The van der Waals surface area contributed by atoms with Crippen molar-refractivity contribution in [2.75, 3.05) is 6.54 Å². The summed E-state index contributed by atoms with van der Waals surface area (Å²) in [5, 5.41) is 12.5. The Morgan fingerprint density at radius 3 is 1.79 bits per heavy atom. The highest BCUT2D eigenvalue weighted by atomic mass is 127. The fraction of sp³-hybridized carbons (Fsp3) is 0.923. The number of alkyl halides is 7. The zero-order valence-electron chi connectivity index (χ0n) is 13.1. The minimum absolute atomic E-state index is 0.391. The normalized spacial score (nSPS) is 22.0. The molecule has 1 saturated heterocycles. The van der Waals surface area contributed by atoms with E-state index in [2.05, 4.69) is 5.32 Å². The van der Waals surface area contributed by atoms with Gasteiger partial charge in [0.1, 0.15) is 3.42 Å². The summed E-state index contributed by atoms with van der Waals surface area (Å²) in [5.74, 6) is -1.24. The summed E-state index contributed by atoms with van der Waals surface area (Å²) >= 11 is 1.62. The van der Waals surface area contributed by atoms with E-state index in [0.717, 1.165) is 13.8 Å². The molecule has 142 valence electrons. The number of carbonyl (C=O) groups is 1. The molecule has 1 fully saturated rings. The Morgan fingerprint density at radius 1 is 1.17 bits per heavy atom. The van der Waals surface area contributed by atoms with Crippen molar-refractivity contribution in [1.29, 1.82) is 0 Å². The Kier molecular flexibility index (Phi) is 5.85. The summed E-state index contributed by atoms with van der Waals surface area (Å²) in [6, 6.07) is -0.415. The lowest BCUT2D eigenvalue weighted by molar-refractivity contribution is -0.413. The number of rotatable bonds is 6. The second-order valence-electron chi connectivity index (χ2n) is 5.83. The summed E-state index contributed by atoms with van der Waals surface area (Å²) in [5.41, 5.74) is -8.35. The molecule has 0 spiro atoms. The molecule has 24 heavy (non-hydrogen) atoms. The lowest BCUT2D eigenvalue weighted by Crippen LogP contribution is -2.72. The quantitative estimate of drug-likeness (QED) is 0.203. The van der Waals surface area contributed by atoms with Gasteiger partial charge in [0.2, 0.25) is 0 Å². The molecule has 2 N–H and O–H groups in total. The van der Waals surface area contributed by atoms with Crippen LogP contribution >= 0.6 is 22.6 Å². The zero-order chi connectivity index (χ0) is 19.2. The third-order valence-electron chi connectivity index (χ3n) is 4.37. The van der Waals surface area contributed by atoms with Crippen molar-refractivity contribution < 1.29 is 41.0 Å². The van der Waals surface area contributed by atoms with Crippen LogP contribution in [0.15, 0.2) is 0 Å². The van der Waals surface area contributed by atoms with Gasteiger partial charge in [0.15, 0.2) is 5.60 Å². The van der Waals surface area contributed by atoms with Gasteiger partial charge in [0.05, 0.1) is 0 Å². The predicted octanol–water partition coefficient (Wildman–Crippen LogP) is 3.11. The fourth-order valence-electron chi connectivity index (χ4n) is 2.52. The maximum atomic E-state index is 13.2. The van der Waals surface area contributed by atoms with Gasteiger partial charge in [0.25, 0.3) is 5.60 Å². The Labute approximate surface area is 148 Å². The van der Waals surface area contributed by atoms with Gasteiger partial charge in [-0.05, 0) is 19.8 Å². The van der Waals surface area contributed by atoms with Crippen molar-refractivity contribution in [3.8, 4) is 0 Å². The van der Waals surface area contributed by atoms with Gasteiger partial charge in [-0.1, -0.05) is 36.4 Å². The summed E-state index contributed by atoms with van der Waals surface area (Å²) in [6.45, 7) is 3.73. The van der Waals surface area contributed by atoms with E-state index in [1.165, 1.54) is 6.92 Å². The second-order valence-corrected chi connectivity index (χ2v) is 8.07. The van der Waals surface area contributed by atoms with E-state index in [4.69, 9.17) is 4.74 Å². The van der Waals surface area contributed by atoms with Gasteiger partial charge < -0.3 is 15.2 Å². The maximum absolute atomic E-state index is 13.2. The Morgan fingerprint density at radius 2 is 1.54 bits per heavy atom. The van der Waals surface area contributed by atoms with Gasteiger partial charge >= 0.3 is 18.3 Å². The van der Waals surface area contributed by atoms with Crippen LogP contribution in [0.3, 0.4) is 0 Å². The highest BCUT2D eigenvalue weighted by molar-refractivity contribution is 14.1. The molecule has 0 bridgehead atoms. The lowest BCUT2D eigenvalue weighted by Gasteiger charge is -2.47. The molecule has 0 aromatic heterocycles. The van der Waals surface area contributed by atoms with Crippen molar-refractivity contribution in [2.24, 2.45) is 0 Å². The summed E-state index contributed by atoms with van der Waals surface area (Å²) in [7, 11) is 0. The molecule has 1 aliphatic heterocycles. The SMILES string of the molecule is CCC(CC)(OC(=O)C(C)(I)C1CN1)C(O)(C(F)(F)F)C(F)(F)F. The molecule has 4 nitrogen and oxygen atoms in total. The van der Waals surface area contributed by atoms with Gasteiger partial charge in [-0.15, -0.1) is 0 Å². The third kappa shape index (κ3) is 3.35. The van der Waals surface area contributed by atoms with E-state index in [0.29, 0.717) is 6.54 Å². The van der Waals surface area contributed by atoms with E-state index < -0.39 is 51.8 Å². The molecule has 0 aliphatic carbocycles. The lowest BCUT2D eigenvalue weighted by atomic mass is 9.77. The van der Waals surface area contributed by atoms with E-state index in [-0.39, 0.29) is 0 Å². The standard InChI is InChI=1S/C13H18F6INO3/c1-4-10(5-2,11(23,12(14,15)16)13(17,18)19)24-8(22)9(3,20)7-6-21-7/h7,21,23H,4-6H2,1-3H3. The predicted molar refractivity (Wildman–Crippen MR) is 80.7 cm³/mol. The van der Waals surface area contributed by atoms with Crippen LogP contribution in [0.1, 0.15) is 33.6 Å². The first-order chi connectivity index (χ1) is 10.6. The summed E-state index contributed by atoms with van der Waals surface area (Å²) in [6.07, 6.45) is -13.9. The van der Waals surface area contributed by atoms with Crippen LogP contribution in [-0.2, 0) is 9.53 Å². The number of hydrogen-bond acceptors (Lipinski definition) is 4. The van der Waals surface area contributed by atoms with Crippen molar-refractivity contribution in [2.45, 2.75) is 66.6 Å². The molecule has 2 unspecified atom stereocenters. The number of halogens is 7. The smallest absolute Gasteiger partial charge is 0.430 e. The number of nitrogens with one attached hydrogen (secondary N) is 1. The van der Waals surface area contributed by atoms with Crippen LogP contribution in [0.4, 0.5) is 26.3 Å². The molecule has 0 aromatic rings. The largest absolute Gasteiger partial charge is 0.454 e. The average molecular weight is 477 g/mol. The van der Waals surface area contributed by atoms with Crippen LogP contribution in [0.25, 0.3) is 0 Å².